The highest BCUT2D eigenvalue weighted by atomic mass is 16.3. The van der Waals surface area contributed by atoms with Crippen molar-refractivity contribution in [3.05, 3.63) is 59.0 Å². The Labute approximate surface area is 103 Å². The van der Waals surface area contributed by atoms with Crippen LogP contribution in [0.4, 0.5) is 0 Å². The molecule has 17 heavy (non-hydrogen) atoms. The monoisotopic (exact) mass is 229 g/mol. The summed E-state index contributed by atoms with van der Waals surface area (Å²) in [7, 11) is 0. The molecule has 1 aromatic heterocycles. The molecule has 2 heteroatoms. The van der Waals surface area contributed by atoms with Crippen LogP contribution in [0.5, 0.6) is 0 Å². The van der Waals surface area contributed by atoms with E-state index in [1.807, 2.05) is 12.1 Å². The van der Waals surface area contributed by atoms with Crippen LogP contribution in [0.25, 0.3) is 0 Å². The van der Waals surface area contributed by atoms with Gasteiger partial charge in [0.05, 0.1) is 12.3 Å². The minimum absolute atomic E-state index is 0.240. The molecule has 0 aliphatic carbocycles. The zero-order valence-electron chi connectivity index (χ0n) is 10.7. The van der Waals surface area contributed by atoms with E-state index in [2.05, 4.69) is 44.3 Å². The Morgan fingerprint density at radius 2 is 1.82 bits per heavy atom. The van der Waals surface area contributed by atoms with Gasteiger partial charge in [0.25, 0.3) is 0 Å². The molecule has 0 fully saturated rings. The standard InChI is InChI=1S/C15H19NO/c1-11-6-4-7-12(2)14(11)10-16-13(3)15-8-5-9-17-15/h4-9,13,16H,10H2,1-3H3/t13-/m1/s1. The van der Waals surface area contributed by atoms with Gasteiger partial charge in [-0.05, 0) is 49.6 Å². The molecule has 2 nitrogen and oxygen atoms in total. The number of aryl methyl sites for hydroxylation is 2. The lowest BCUT2D eigenvalue weighted by Crippen LogP contribution is -2.18. The largest absolute Gasteiger partial charge is 0.468 e. The zero-order valence-corrected chi connectivity index (χ0v) is 10.7. The maximum Gasteiger partial charge on any atom is 0.120 e. The van der Waals surface area contributed by atoms with E-state index in [0.29, 0.717) is 0 Å². The van der Waals surface area contributed by atoms with Gasteiger partial charge in [0.15, 0.2) is 0 Å². The molecule has 2 aromatic rings. The molecule has 0 aliphatic rings. The van der Waals surface area contributed by atoms with Crippen molar-refractivity contribution in [3.8, 4) is 0 Å². The van der Waals surface area contributed by atoms with E-state index in [9.17, 15) is 0 Å². The molecule has 1 atom stereocenters. The van der Waals surface area contributed by atoms with E-state index in [-0.39, 0.29) is 6.04 Å². The quantitative estimate of drug-likeness (QED) is 0.863. The van der Waals surface area contributed by atoms with Crippen molar-refractivity contribution in [1.82, 2.24) is 5.32 Å². The van der Waals surface area contributed by atoms with Crippen LogP contribution in [-0.2, 0) is 6.54 Å². The van der Waals surface area contributed by atoms with Gasteiger partial charge in [-0.3, -0.25) is 0 Å². The van der Waals surface area contributed by atoms with E-state index in [1.165, 1.54) is 16.7 Å². The predicted molar refractivity (Wildman–Crippen MR) is 69.9 cm³/mol. The van der Waals surface area contributed by atoms with Gasteiger partial charge in [0.1, 0.15) is 5.76 Å². The van der Waals surface area contributed by atoms with Crippen molar-refractivity contribution in [1.29, 1.82) is 0 Å². The summed E-state index contributed by atoms with van der Waals surface area (Å²) in [5.41, 5.74) is 4.05. The molecule has 1 aromatic carbocycles. The predicted octanol–water partition coefficient (Wildman–Crippen LogP) is 3.75. The van der Waals surface area contributed by atoms with Crippen molar-refractivity contribution in [2.45, 2.75) is 33.4 Å². The van der Waals surface area contributed by atoms with Crippen molar-refractivity contribution in [3.63, 3.8) is 0 Å². The minimum Gasteiger partial charge on any atom is -0.468 e. The lowest BCUT2D eigenvalue weighted by Gasteiger charge is -2.14. The molecule has 2 rings (SSSR count). The second-order valence-electron chi connectivity index (χ2n) is 4.49. The maximum atomic E-state index is 5.38. The molecule has 0 bridgehead atoms. The summed E-state index contributed by atoms with van der Waals surface area (Å²) in [4.78, 5) is 0. The van der Waals surface area contributed by atoms with Gasteiger partial charge in [0.2, 0.25) is 0 Å². The second-order valence-corrected chi connectivity index (χ2v) is 4.49. The van der Waals surface area contributed by atoms with E-state index in [1.54, 1.807) is 6.26 Å². The molecule has 0 saturated carbocycles. The molecule has 0 unspecified atom stereocenters. The number of benzene rings is 1. The van der Waals surface area contributed by atoms with Crippen LogP contribution in [0.15, 0.2) is 41.0 Å². The summed E-state index contributed by atoms with van der Waals surface area (Å²) in [6.07, 6.45) is 1.71. The third-order valence-corrected chi connectivity index (χ3v) is 3.20. The first-order valence-corrected chi connectivity index (χ1v) is 6.00. The van der Waals surface area contributed by atoms with E-state index >= 15 is 0 Å². The SMILES string of the molecule is Cc1cccc(C)c1CN[C@H](C)c1ccco1. The number of hydrogen-bond acceptors (Lipinski definition) is 2. The molecule has 0 amide bonds. The number of hydrogen-bond donors (Lipinski definition) is 1. The molecular weight excluding hydrogens is 210 g/mol. The average molecular weight is 229 g/mol. The van der Waals surface area contributed by atoms with Crippen molar-refractivity contribution < 1.29 is 4.42 Å². The molecule has 1 N–H and O–H groups in total. The van der Waals surface area contributed by atoms with Gasteiger partial charge in [-0.2, -0.15) is 0 Å². The van der Waals surface area contributed by atoms with Gasteiger partial charge in [-0.25, -0.2) is 0 Å². The third kappa shape index (κ3) is 2.77. The van der Waals surface area contributed by atoms with Crippen LogP contribution in [0.3, 0.4) is 0 Å². The fourth-order valence-electron chi connectivity index (χ4n) is 2.02. The number of nitrogens with one attached hydrogen (secondary N) is 1. The fraction of sp³-hybridized carbons (Fsp3) is 0.333. The molecule has 90 valence electrons. The molecule has 0 aliphatic heterocycles. The molecular formula is C15H19NO. The van der Waals surface area contributed by atoms with Crippen LogP contribution in [0, 0.1) is 13.8 Å². The van der Waals surface area contributed by atoms with Crippen molar-refractivity contribution >= 4 is 0 Å². The third-order valence-electron chi connectivity index (χ3n) is 3.20. The van der Waals surface area contributed by atoms with E-state index in [0.717, 1.165) is 12.3 Å². The summed E-state index contributed by atoms with van der Waals surface area (Å²) >= 11 is 0. The number of furan rings is 1. The highest BCUT2D eigenvalue weighted by molar-refractivity contribution is 5.33. The van der Waals surface area contributed by atoms with E-state index < -0.39 is 0 Å². The van der Waals surface area contributed by atoms with Crippen LogP contribution in [0.1, 0.15) is 35.4 Å². The Hall–Kier alpha value is -1.54. The first kappa shape index (κ1) is 11.9. The Balaban J connectivity index is 2.03. The van der Waals surface area contributed by atoms with Gasteiger partial charge < -0.3 is 9.73 Å². The maximum absolute atomic E-state index is 5.38. The topological polar surface area (TPSA) is 25.2 Å². The molecule has 0 radical (unpaired) electrons. The zero-order chi connectivity index (χ0) is 12.3. The van der Waals surface area contributed by atoms with Crippen LogP contribution in [0.2, 0.25) is 0 Å². The van der Waals surface area contributed by atoms with Gasteiger partial charge in [-0.15, -0.1) is 0 Å². The van der Waals surface area contributed by atoms with E-state index in [4.69, 9.17) is 4.42 Å². The average Bonchev–Trinajstić information content (AvgIpc) is 2.81. The Bertz CT molecular complexity index is 453. The first-order chi connectivity index (χ1) is 8.18. The van der Waals surface area contributed by atoms with Crippen LogP contribution < -0.4 is 5.32 Å². The lowest BCUT2D eigenvalue weighted by molar-refractivity contribution is 0.429. The van der Waals surface area contributed by atoms with Crippen LogP contribution in [-0.4, -0.2) is 0 Å². The first-order valence-electron chi connectivity index (χ1n) is 6.00. The van der Waals surface area contributed by atoms with Crippen molar-refractivity contribution in [2.75, 3.05) is 0 Å². The number of rotatable bonds is 4. The Kier molecular flexibility index (Phi) is 3.64. The van der Waals surface area contributed by atoms with Gasteiger partial charge >= 0.3 is 0 Å². The highest BCUT2D eigenvalue weighted by Crippen LogP contribution is 2.16. The molecule has 0 spiro atoms. The smallest absolute Gasteiger partial charge is 0.120 e. The van der Waals surface area contributed by atoms with Gasteiger partial charge in [-0.1, -0.05) is 18.2 Å². The van der Waals surface area contributed by atoms with Crippen molar-refractivity contribution in [2.24, 2.45) is 0 Å². The second kappa shape index (κ2) is 5.19. The van der Waals surface area contributed by atoms with Gasteiger partial charge in [0, 0.05) is 6.54 Å². The summed E-state index contributed by atoms with van der Waals surface area (Å²) in [6, 6.07) is 10.6. The fourth-order valence-corrected chi connectivity index (χ4v) is 2.02. The minimum atomic E-state index is 0.240. The normalized spacial score (nSPS) is 12.6. The Morgan fingerprint density at radius 3 is 2.41 bits per heavy atom. The highest BCUT2D eigenvalue weighted by Gasteiger charge is 2.08. The molecule has 0 saturated heterocycles. The van der Waals surface area contributed by atoms with Crippen LogP contribution >= 0.6 is 0 Å². The summed E-state index contributed by atoms with van der Waals surface area (Å²) in [6.45, 7) is 7.30. The summed E-state index contributed by atoms with van der Waals surface area (Å²) in [5, 5.41) is 3.49. The molecule has 1 heterocycles. The summed E-state index contributed by atoms with van der Waals surface area (Å²) < 4.78 is 5.38. The Morgan fingerprint density at radius 1 is 1.12 bits per heavy atom. The lowest BCUT2D eigenvalue weighted by atomic mass is 10.0. The summed E-state index contributed by atoms with van der Waals surface area (Å²) in [5.74, 6) is 0.983.